The third-order valence-corrected chi connectivity index (χ3v) is 6.91. The van der Waals surface area contributed by atoms with Crippen LogP contribution < -0.4 is 0 Å². The highest BCUT2D eigenvalue weighted by Crippen LogP contribution is 2.38. The number of hydrogen-bond donors (Lipinski definition) is 0. The van der Waals surface area contributed by atoms with Gasteiger partial charge in [-0.05, 0) is 38.0 Å². The van der Waals surface area contributed by atoms with Crippen LogP contribution >= 0.6 is 22.7 Å². The number of aromatic nitrogens is 6. The fourth-order valence-electron chi connectivity index (χ4n) is 2.94. The van der Waals surface area contributed by atoms with Gasteiger partial charge in [-0.3, -0.25) is 4.98 Å². The maximum Gasteiger partial charge on any atom is 0.232 e. The van der Waals surface area contributed by atoms with E-state index in [9.17, 15) is 0 Å². The van der Waals surface area contributed by atoms with Crippen molar-refractivity contribution in [2.75, 3.05) is 0 Å². The van der Waals surface area contributed by atoms with Gasteiger partial charge < -0.3 is 0 Å². The molecule has 0 amide bonds. The van der Waals surface area contributed by atoms with Gasteiger partial charge in [-0.1, -0.05) is 17.8 Å². The van der Waals surface area contributed by atoms with E-state index in [0.717, 1.165) is 37.0 Å². The van der Waals surface area contributed by atoms with E-state index in [-0.39, 0.29) is 0 Å². The average molecular weight is 381 g/mol. The summed E-state index contributed by atoms with van der Waals surface area (Å²) in [6.07, 6.45) is 9.32. The van der Waals surface area contributed by atoms with Crippen LogP contribution in [0.4, 0.5) is 0 Å². The van der Waals surface area contributed by atoms with Crippen molar-refractivity contribution in [3.05, 3.63) is 47.5 Å². The average Bonchev–Trinajstić information content (AvgIpc) is 3.33. The van der Waals surface area contributed by atoms with E-state index in [2.05, 4.69) is 20.2 Å². The molecule has 4 aromatic rings. The molecule has 8 heteroatoms. The Labute approximate surface area is 158 Å². The van der Waals surface area contributed by atoms with Crippen molar-refractivity contribution < 1.29 is 0 Å². The molecular weight excluding hydrogens is 364 g/mol. The molecule has 0 N–H and O–H groups in total. The molecule has 0 bridgehead atoms. The van der Waals surface area contributed by atoms with E-state index in [1.165, 1.54) is 19.3 Å². The zero-order valence-electron chi connectivity index (χ0n) is 14.2. The summed E-state index contributed by atoms with van der Waals surface area (Å²) in [4.78, 5) is 9.94. The van der Waals surface area contributed by atoms with Crippen LogP contribution in [0, 0.1) is 6.92 Å². The molecule has 5 rings (SSSR count). The second kappa shape index (κ2) is 6.37. The van der Waals surface area contributed by atoms with E-state index >= 15 is 0 Å². The minimum Gasteiger partial charge on any atom is -0.264 e. The van der Waals surface area contributed by atoms with Gasteiger partial charge in [0.1, 0.15) is 15.7 Å². The van der Waals surface area contributed by atoms with Crippen LogP contribution in [0.15, 0.2) is 36.8 Å². The van der Waals surface area contributed by atoms with Crippen molar-refractivity contribution in [1.82, 2.24) is 29.9 Å². The highest BCUT2D eigenvalue weighted by Gasteiger charge is 2.24. The number of aryl methyl sites for hydroxylation is 1. The highest BCUT2D eigenvalue weighted by atomic mass is 32.1. The normalized spacial score (nSPS) is 14.5. The van der Waals surface area contributed by atoms with Crippen molar-refractivity contribution in [3.8, 4) is 26.3 Å². The van der Waals surface area contributed by atoms with Crippen molar-refractivity contribution in [3.63, 3.8) is 0 Å². The lowest BCUT2D eigenvalue weighted by Gasteiger charge is -2.21. The Balaban J connectivity index is 1.45. The Morgan fingerprint density at radius 2 is 2.08 bits per heavy atom. The van der Waals surface area contributed by atoms with Crippen molar-refractivity contribution in [2.24, 2.45) is 0 Å². The van der Waals surface area contributed by atoms with Gasteiger partial charge in [0.05, 0.1) is 10.6 Å². The molecule has 130 valence electrons. The predicted molar refractivity (Wildman–Crippen MR) is 103 cm³/mol. The third-order valence-electron chi connectivity index (χ3n) is 4.61. The summed E-state index contributed by atoms with van der Waals surface area (Å²) in [6, 6.07) is 5.96. The Morgan fingerprint density at radius 3 is 2.85 bits per heavy atom. The van der Waals surface area contributed by atoms with Gasteiger partial charge in [0.2, 0.25) is 5.13 Å². The summed E-state index contributed by atoms with van der Waals surface area (Å²) in [5, 5.41) is 16.3. The fraction of sp³-hybridized carbons (Fsp3) is 0.278. The zero-order chi connectivity index (χ0) is 17.5. The second-order valence-electron chi connectivity index (χ2n) is 6.37. The van der Waals surface area contributed by atoms with Gasteiger partial charge in [-0.2, -0.15) is 5.10 Å². The molecule has 0 saturated heterocycles. The van der Waals surface area contributed by atoms with E-state index in [0.29, 0.717) is 5.92 Å². The summed E-state index contributed by atoms with van der Waals surface area (Å²) < 4.78 is 1.82. The van der Waals surface area contributed by atoms with Crippen LogP contribution in [0.1, 0.15) is 35.9 Å². The first-order chi connectivity index (χ1) is 12.8. The van der Waals surface area contributed by atoms with E-state index in [4.69, 9.17) is 5.10 Å². The van der Waals surface area contributed by atoms with Gasteiger partial charge in [0, 0.05) is 30.1 Å². The third kappa shape index (κ3) is 2.75. The number of rotatable bonds is 4. The minimum absolute atomic E-state index is 0.599. The molecule has 0 spiro atoms. The first-order valence-electron chi connectivity index (χ1n) is 8.55. The van der Waals surface area contributed by atoms with Crippen LogP contribution in [0.3, 0.4) is 0 Å². The Hall–Kier alpha value is -2.45. The van der Waals surface area contributed by atoms with E-state index < -0.39 is 0 Å². The van der Waals surface area contributed by atoms with Crippen molar-refractivity contribution in [2.45, 2.75) is 32.1 Å². The number of thiazole rings is 1. The zero-order valence-corrected chi connectivity index (χ0v) is 15.8. The molecule has 0 aliphatic heterocycles. The SMILES string of the molecule is Cc1nc(-c2cccnc2)sc1-c1ccn(-c2nnc(C3CCC3)s2)n1. The molecule has 4 heterocycles. The molecule has 1 fully saturated rings. The lowest BCUT2D eigenvalue weighted by Crippen LogP contribution is -2.07. The molecule has 26 heavy (non-hydrogen) atoms. The summed E-state index contributed by atoms with van der Waals surface area (Å²) in [7, 11) is 0. The predicted octanol–water partition coefficient (Wildman–Crippen LogP) is 4.49. The lowest BCUT2D eigenvalue weighted by atomic mass is 9.86. The quantitative estimate of drug-likeness (QED) is 0.522. The largest absolute Gasteiger partial charge is 0.264 e. The lowest BCUT2D eigenvalue weighted by molar-refractivity contribution is 0.416. The molecular formula is C18H16N6S2. The highest BCUT2D eigenvalue weighted by molar-refractivity contribution is 7.18. The summed E-state index contributed by atoms with van der Waals surface area (Å²) in [6.45, 7) is 2.02. The van der Waals surface area contributed by atoms with Crippen LogP contribution in [0.5, 0.6) is 0 Å². The maximum atomic E-state index is 4.71. The first kappa shape index (κ1) is 15.8. The van der Waals surface area contributed by atoms with E-state index in [1.807, 2.05) is 42.2 Å². The van der Waals surface area contributed by atoms with Gasteiger partial charge in [0.25, 0.3) is 0 Å². The second-order valence-corrected chi connectivity index (χ2v) is 8.36. The maximum absolute atomic E-state index is 4.71. The number of nitrogens with zero attached hydrogens (tertiary/aromatic N) is 6. The Morgan fingerprint density at radius 1 is 1.15 bits per heavy atom. The van der Waals surface area contributed by atoms with Crippen LogP contribution in [0.2, 0.25) is 0 Å². The van der Waals surface area contributed by atoms with Gasteiger partial charge in [-0.15, -0.1) is 21.5 Å². The Kier molecular flexibility index (Phi) is 3.86. The first-order valence-corrected chi connectivity index (χ1v) is 10.2. The smallest absolute Gasteiger partial charge is 0.232 e. The summed E-state index contributed by atoms with van der Waals surface area (Å²) >= 11 is 3.28. The molecule has 0 atom stereocenters. The molecule has 0 aromatic carbocycles. The van der Waals surface area contributed by atoms with Crippen LogP contribution in [-0.2, 0) is 0 Å². The van der Waals surface area contributed by atoms with Crippen LogP contribution in [-0.4, -0.2) is 29.9 Å². The van der Waals surface area contributed by atoms with Gasteiger partial charge in [-0.25, -0.2) is 9.67 Å². The van der Waals surface area contributed by atoms with Crippen molar-refractivity contribution in [1.29, 1.82) is 0 Å². The monoisotopic (exact) mass is 380 g/mol. The molecule has 0 radical (unpaired) electrons. The molecule has 1 aliphatic rings. The number of hydrogen-bond acceptors (Lipinski definition) is 7. The molecule has 4 aromatic heterocycles. The van der Waals surface area contributed by atoms with Crippen LogP contribution in [0.25, 0.3) is 26.3 Å². The standard InChI is InChI=1S/C18H16N6S2/c1-11-15(25-16(20-11)13-6-3-8-19-10-13)14-7-9-24(23-14)18-22-21-17(26-18)12-4-2-5-12/h3,6-10,12H,2,4-5H2,1H3. The molecule has 6 nitrogen and oxygen atoms in total. The topological polar surface area (TPSA) is 69.4 Å². The Bertz CT molecular complexity index is 1040. The molecule has 1 saturated carbocycles. The number of pyridine rings is 1. The fourth-order valence-corrected chi connectivity index (χ4v) is 4.91. The minimum atomic E-state index is 0.599. The molecule has 1 aliphatic carbocycles. The summed E-state index contributed by atoms with van der Waals surface area (Å²) in [5.41, 5.74) is 2.92. The molecule has 0 unspecified atom stereocenters. The summed E-state index contributed by atoms with van der Waals surface area (Å²) in [5.74, 6) is 0.599. The van der Waals surface area contributed by atoms with E-state index in [1.54, 1.807) is 28.9 Å². The van der Waals surface area contributed by atoms with Crippen molar-refractivity contribution >= 4 is 22.7 Å². The van der Waals surface area contributed by atoms with Gasteiger partial charge in [0.15, 0.2) is 0 Å². The van der Waals surface area contributed by atoms with Gasteiger partial charge >= 0.3 is 0 Å².